The maximum Gasteiger partial charge on any atom is 0.252 e. The van der Waals surface area contributed by atoms with Gasteiger partial charge in [-0.3, -0.25) is 9.36 Å². The molecule has 0 saturated carbocycles. The molecular weight excluding hydrogens is 518 g/mol. The normalized spacial score (nSPS) is 14.2. The van der Waals surface area contributed by atoms with Gasteiger partial charge in [-0.2, -0.15) is 5.10 Å². The van der Waals surface area contributed by atoms with Crippen LogP contribution in [0.2, 0.25) is 0 Å². The quantitative estimate of drug-likeness (QED) is 0.321. The molecule has 0 saturated heterocycles. The van der Waals surface area contributed by atoms with E-state index >= 15 is 0 Å². The number of amides is 1. The molecule has 0 fully saturated rings. The number of anilines is 1. The van der Waals surface area contributed by atoms with Gasteiger partial charge in [0.05, 0.1) is 18.7 Å². The van der Waals surface area contributed by atoms with Crippen LogP contribution in [0.1, 0.15) is 33.9 Å². The molecule has 0 radical (unpaired) electrons. The molecule has 11 heteroatoms. The van der Waals surface area contributed by atoms with Gasteiger partial charge in [0.1, 0.15) is 11.3 Å². The van der Waals surface area contributed by atoms with Crippen LogP contribution in [0, 0.1) is 0 Å². The number of pyridine rings is 3. The summed E-state index contributed by atoms with van der Waals surface area (Å²) in [7, 11) is 1.53. The van der Waals surface area contributed by atoms with E-state index in [4.69, 9.17) is 20.4 Å². The molecule has 0 bridgehead atoms. The SMILES string of the molecule is COc1cc(C(=O)N[C@H]2CCc3cc(-n4c(-c5cccnc5N)nc5ccc(-n6cccn6)nc54)ccc32)ccn1. The average Bonchev–Trinajstić information content (AvgIpc) is 3.76. The number of aryl methyl sites for hydroxylation is 1. The lowest BCUT2D eigenvalue weighted by Crippen LogP contribution is -2.27. The summed E-state index contributed by atoms with van der Waals surface area (Å²) >= 11 is 0. The summed E-state index contributed by atoms with van der Waals surface area (Å²) in [4.78, 5) is 31.2. The number of hydrogen-bond acceptors (Lipinski definition) is 8. The van der Waals surface area contributed by atoms with Crippen LogP contribution in [0.4, 0.5) is 5.82 Å². The smallest absolute Gasteiger partial charge is 0.252 e. The number of carbonyl (C=O) groups is 1. The van der Waals surface area contributed by atoms with E-state index in [1.807, 2.05) is 47.2 Å². The molecule has 11 nitrogen and oxygen atoms in total. The van der Waals surface area contributed by atoms with E-state index in [9.17, 15) is 4.79 Å². The van der Waals surface area contributed by atoms with Crippen molar-refractivity contribution < 1.29 is 9.53 Å². The zero-order valence-corrected chi connectivity index (χ0v) is 22.1. The van der Waals surface area contributed by atoms with Crippen molar-refractivity contribution >= 4 is 22.9 Å². The average molecular weight is 544 g/mol. The van der Waals surface area contributed by atoms with Crippen LogP contribution in [0.5, 0.6) is 5.88 Å². The molecule has 0 aliphatic heterocycles. The van der Waals surface area contributed by atoms with Gasteiger partial charge in [-0.1, -0.05) is 6.07 Å². The Morgan fingerprint density at radius 3 is 2.78 bits per heavy atom. The second-order valence-corrected chi connectivity index (χ2v) is 9.70. The first-order valence-corrected chi connectivity index (χ1v) is 13.1. The largest absolute Gasteiger partial charge is 0.481 e. The Labute approximate surface area is 234 Å². The third-order valence-corrected chi connectivity index (χ3v) is 7.28. The first-order valence-electron chi connectivity index (χ1n) is 13.1. The Morgan fingerprint density at radius 1 is 1.02 bits per heavy atom. The maximum atomic E-state index is 13.0. The predicted octanol–water partition coefficient (Wildman–Crippen LogP) is 4.07. The zero-order chi connectivity index (χ0) is 27.9. The molecule has 1 aliphatic carbocycles. The van der Waals surface area contributed by atoms with Gasteiger partial charge in [0, 0.05) is 42.1 Å². The summed E-state index contributed by atoms with van der Waals surface area (Å²) in [5, 5.41) is 7.50. The Morgan fingerprint density at radius 2 is 1.95 bits per heavy atom. The van der Waals surface area contributed by atoms with Gasteiger partial charge in [0.15, 0.2) is 17.3 Å². The highest BCUT2D eigenvalue weighted by atomic mass is 16.5. The van der Waals surface area contributed by atoms with Crippen LogP contribution in [0.15, 0.2) is 85.5 Å². The van der Waals surface area contributed by atoms with Gasteiger partial charge < -0.3 is 15.8 Å². The lowest BCUT2D eigenvalue weighted by molar-refractivity contribution is 0.0936. The minimum absolute atomic E-state index is 0.108. The number of nitrogen functional groups attached to an aromatic ring is 1. The minimum atomic E-state index is -0.169. The van der Waals surface area contributed by atoms with E-state index in [1.54, 1.807) is 35.4 Å². The fraction of sp³-hybridized carbons (Fsp3) is 0.133. The highest BCUT2D eigenvalue weighted by Gasteiger charge is 2.26. The Balaban J connectivity index is 1.29. The highest BCUT2D eigenvalue weighted by Crippen LogP contribution is 2.36. The third-order valence-electron chi connectivity index (χ3n) is 7.28. The number of rotatable bonds is 6. The molecule has 202 valence electrons. The molecule has 1 aromatic carbocycles. The van der Waals surface area contributed by atoms with Gasteiger partial charge in [-0.25, -0.2) is 24.6 Å². The number of benzene rings is 1. The van der Waals surface area contributed by atoms with Crippen LogP contribution >= 0.6 is 0 Å². The molecule has 0 spiro atoms. The van der Waals surface area contributed by atoms with Gasteiger partial charge in [0.2, 0.25) is 5.88 Å². The van der Waals surface area contributed by atoms with Crippen molar-refractivity contribution in [1.29, 1.82) is 0 Å². The van der Waals surface area contributed by atoms with Gasteiger partial charge in [-0.05, 0) is 72.5 Å². The van der Waals surface area contributed by atoms with Crippen LogP contribution in [0.25, 0.3) is 34.1 Å². The molecule has 5 aromatic heterocycles. The molecule has 5 heterocycles. The lowest BCUT2D eigenvalue weighted by atomic mass is 10.1. The van der Waals surface area contributed by atoms with Gasteiger partial charge in [-0.15, -0.1) is 0 Å². The summed E-state index contributed by atoms with van der Waals surface area (Å²) in [5.41, 5.74) is 12.0. The van der Waals surface area contributed by atoms with Crippen molar-refractivity contribution in [3.8, 4) is 28.8 Å². The number of imidazole rings is 1. The summed E-state index contributed by atoms with van der Waals surface area (Å²) in [6.45, 7) is 0. The molecule has 41 heavy (non-hydrogen) atoms. The van der Waals surface area contributed by atoms with Crippen molar-refractivity contribution in [2.75, 3.05) is 12.8 Å². The number of nitrogens with two attached hydrogens (primary N) is 1. The van der Waals surface area contributed by atoms with Gasteiger partial charge in [0.25, 0.3) is 5.91 Å². The van der Waals surface area contributed by atoms with E-state index in [0.717, 1.165) is 35.2 Å². The molecule has 6 aromatic rings. The van der Waals surface area contributed by atoms with Crippen LogP contribution in [-0.2, 0) is 6.42 Å². The Bertz CT molecular complexity index is 1910. The standard InChI is InChI=1S/C30H25N9O2/c1-41-26-17-19(11-14-32-26)30(40)36-23-8-5-18-16-20(6-7-21(18)23)39-28(22-4-2-12-33-27(22)31)35-24-9-10-25(37-29(24)39)38-15-3-13-34-38/h2-4,6-7,9-17,23H,5,8H2,1H3,(H2,31,33)(H,36,40)/t23-/m0/s1. The number of carbonyl (C=O) groups excluding carboxylic acids is 1. The fourth-order valence-corrected chi connectivity index (χ4v) is 5.31. The molecule has 1 amide bonds. The van der Waals surface area contributed by atoms with Crippen LogP contribution in [0.3, 0.4) is 0 Å². The van der Waals surface area contributed by atoms with E-state index in [-0.39, 0.29) is 11.9 Å². The molecule has 1 atom stereocenters. The van der Waals surface area contributed by atoms with E-state index in [2.05, 4.69) is 32.5 Å². The predicted molar refractivity (Wildman–Crippen MR) is 153 cm³/mol. The second-order valence-electron chi connectivity index (χ2n) is 9.70. The van der Waals surface area contributed by atoms with Crippen LogP contribution < -0.4 is 15.8 Å². The fourth-order valence-electron chi connectivity index (χ4n) is 5.31. The zero-order valence-electron chi connectivity index (χ0n) is 22.1. The summed E-state index contributed by atoms with van der Waals surface area (Å²) < 4.78 is 8.88. The van der Waals surface area contributed by atoms with Crippen molar-refractivity contribution in [1.82, 2.24) is 39.6 Å². The number of hydrogen-bond donors (Lipinski definition) is 2. The topological polar surface area (TPSA) is 139 Å². The maximum absolute atomic E-state index is 13.0. The molecule has 7 rings (SSSR count). The summed E-state index contributed by atoms with van der Waals surface area (Å²) in [6.07, 6.45) is 8.40. The lowest BCUT2D eigenvalue weighted by Gasteiger charge is -2.16. The molecular formula is C30H25N9O2. The van der Waals surface area contributed by atoms with Crippen molar-refractivity contribution in [3.05, 3.63) is 102 Å². The highest BCUT2D eigenvalue weighted by molar-refractivity contribution is 5.94. The number of nitrogens with zero attached hydrogens (tertiary/aromatic N) is 7. The van der Waals surface area contributed by atoms with Crippen LogP contribution in [-0.4, -0.2) is 47.3 Å². The van der Waals surface area contributed by atoms with Gasteiger partial charge >= 0.3 is 0 Å². The monoisotopic (exact) mass is 543 g/mol. The number of methoxy groups -OCH3 is 1. The summed E-state index contributed by atoms with van der Waals surface area (Å²) in [6, 6.07) is 18.8. The number of nitrogens with one attached hydrogen (secondary N) is 1. The first-order chi connectivity index (χ1) is 20.1. The number of ether oxygens (including phenoxy) is 1. The molecule has 0 unspecified atom stereocenters. The van der Waals surface area contributed by atoms with E-state index in [0.29, 0.717) is 40.1 Å². The Hall–Kier alpha value is -5.58. The summed E-state index contributed by atoms with van der Waals surface area (Å²) in [5.74, 6) is 1.93. The van der Waals surface area contributed by atoms with E-state index in [1.165, 1.54) is 7.11 Å². The molecule has 3 N–H and O–H groups in total. The first kappa shape index (κ1) is 24.5. The Kier molecular flexibility index (Phi) is 5.89. The number of aromatic nitrogens is 7. The van der Waals surface area contributed by atoms with Crippen molar-refractivity contribution in [2.45, 2.75) is 18.9 Å². The molecule has 1 aliphatic rings. The van der Waals surface area contributed by atoms with E-state index < -0.39 is 0 Å². The third kappa shape index (κ3) is 4.33. The van der Waals surface area contributed by atoms with Crippen molar-refractivity contribution in [3.63, 3.8) is 0 Å². The second kappa shape index (κ2) is 9.87. The number of fused-ring (bicyclic) bond motifs is 2. The van der Waals surface area contributed by atoms with Crippen molar-refractivity contribution in [2.24, 2.45) is 0 Å². The minimum Gasteiger partial charge on any atom is -0.481 e.